The number of ether oxygens (including phenoxy) is 1. The van der Waals surface area contributed by atoms with Gasteiger partial charge >= 0.3 is 0 Å². The maximum absolute atomic E-state index is 11.8. The van der Waals surface area contributed by atoms with Crippen LogP contribution in [0.15, 0.2) is 27.8 Å². The summed E-state index contributed by atoms with van der Waals surface area (Å²) >= 11 is 0. The van der Waals surface area contributed by atoms with Crippen LogP contribution in [0, 0.1) is 5.92 Å². The molecule has 1 aromatic rings. The predicted molar refractivity (Wildman–Crippen MR) is 104 cm³/mol. The third-order valence-corrected chi connectivity index (χ3v) is 3.77. The molecule has 1 saturated heterocycles. The van der Waals surface area contributed by atoms with Gasteiger partial charge in [-0.2, -0.15) is 0 Å². The Morgan fingerprint density at radius 1 is 1.42 bits per heavy atom. The molecule has 0 radical (unpaired) electrons. The van der Waals surface area contributed by atoms with Gasteiger partial charge in [-0.15, -0.1) is 24.0 Å². The minimum Gasteiger partial charge on any atom is -0.467 e. The minimum atomic E-state index is -0.0279. The molecule has 0 saturated carbocycles. The third kappa shape index (κ3) is 6.68. The van der Waals surface area contributed by atoms with E-state index in [2.05, 4.69) is 10.3 Å². The van der Waals surface area contributed by atoms with Crippen LogP contribution >= 0.6 is 24.0 Å². The molecule has 2 heterocycles. The standard InChI is InChI=1S/C16H26N4O3.HI/c1-19(2)15(21)10-18-16(17-9-13-6-8-22-12-13)20(3)11-14-5-4-7-23-14;/h4-5,7,13H,6,8-12H2,1-3H3,(H,17,18);1H. The fraction of sp³-hybridized carbons (Fsp3) is 0.625. The molecule has 0 aliphatic carbocycles. The molecule has 1 aliphatic rings. The van der Waals surface area contributed by atoms with E-state index in [0.29, 0.717) is 18.4 Å². The van der Waals surface area contributed by atoms with Gasteiger partial charge in [-0.05, 0) is 18.6 Å². The Morgan fingerprint density at radius 2 is 2.21 bits per heavy atom. The van der Waals surface area contributed by atoms with Gasteiger partial charge in [-0.3, -0.25) is 4.79 Å². The number of halogens is 1. The van der Waals surface area contributed by atoms with Crippen LogP contribution in [0.4, 0.5) is 0 Å². The van der Waals surface area contributed by atoms with Crippen molar-refractivity contribution in [2.24, 2.45) is 10.9 Å². The number of likely N-dealkylation sites (N-methyl/N-ethyl adjacent to an activating group) is 1. The zero-order chi connectivity index (χ0) is 16.7. The van der Waals surface area contributed by atoms with E-state index in [1.807, 2.05) is 24.1 Å². The van der Waals surface area contributed by atoms with E-state index in [9.17, 15) is 4.79 Å². The first-order chi connectivity index (χ1) is 11.1. The largest absolute Gasteiger partial charge is 0.467 e. The molecule has 8 heteroatoms. The van der Waals surface area contributed by atoms with Crippen molar-refractivity contribution in [1.29, 1.82) is 0 Å². The molecule has 1 atom stereocenters. The maximum Gasteiger partial charge on any atom is 0.243 e. The molecular weight excluding hydrogens is 423 g/mol. The lowest BCUT2D eigenvalue weighted by atomic mass is 10.1. The van der Waals surface area contributed by atoms with Crippen molar-refractivity contribution in [3.8, 4) is 0 Å². The number of hydrogen-bond donors (Lipinski definition) is 1. The van der Waals surface area contributed by atoms with Gasteiger partial charge in [-0.1, -0.05) is 0 Å². The van der Waals surface area contributed by atoms with Gasteiger partial charge in [0.05, 0.1) is 19.4 Å². The third-order valence-electron chi connectivity index (χ3n) is 3.77. The van der Waals surface area contributed by atoms with E-state index in [1.165, 1.54) is 0 Å². The number of furan rings is 1. The zero-order valence-electron chi connectivity index (χ0n) is 14.5. The second-order valence-electron chi connectivity index (χ2n) is 5.97. The fourth-order valence-corrected chi connectivity index (χ4v) is 2.29. The van der Waals surface area contributed by atoms with Crippen LogP contribution in [0.2, 0.25) is 0 Å². The summed E-state index contributed by atoms with van der Waals surface area (Å²) in [7, 11) is 5.39. The van der Waals surface area contributed by atoms with E-state index in [4.69, 9.17) is 9.15 Å². The first kappa shape index (κ1) is 20.8. The first-order valence-electron chi connectivity index (χ1n) is 7.86. The number of nitrogens with zero attached hydrogens (tertiary/aromatic N) is 3. The number of guanidine groups is 1. The van der Waals surface area contributed by atoms with E-state index >= 15 is 0 Å². The molecule has 24 heavy (non-hydrogen) atoms. The topological polar surface area (TPSA) is 70.3 Å². The number of carbonyl (C=O) groups is 1. The summed E-state index contributed by atoms with van der Waals surface area (Å²) in [5, 5.41) is 3.35. The Hall–Kier alpha value is -1.29. The van der Waals surface area contributed by atoms with Gasteiger partial charge < -0.3 is 24.3 Å². The van der Waals surface area contributed by atoms with Crippen molar-refractivity contribution < 1.29 is 13.9 Å². The van der Waals surface area contributed by atoms with Crippen LogP contribution in [0.3, 0.4) is 0 Å². The molecule has 1 unspecified atom stereocenters. The average molecular weight is 450 g/mol. The van der Waals surface area contributed by atoms with Crippen LogP contribution in [0.5, 0.6) is 0 Å². The highest BCUT2D eigenvalue weighted by Gasteiger charge is 2.17. The molecule has 1 fully saturated rings. The number of hydrogen-bond acceptors (Lipinski definition) is 4. The lowest BCUT2D eigenvalue weighted by molar-refractivity contribution is -0.127. The Labute approximate surface area is 160 Å². The number of rotatable bonds is 6. The number of nitrogens with one attached hydrogen (secondary N) is 1. The van der Waals surface area contributed by atoms with Crippen LogP contribution in [-0.4, -0.2) is 69.1 Å². The second-order valence-corrected chi connectivity index (χ2v) is 5.97. The SMILES string of the molecule is CN(C)C(=O)CN=C(NCC1CCOC1)N(C)Cc1ccco1.I. The summed E-state index contributed by atoms with van der Waals surface area (Å²) in [4.78, 5) is 19.7. The highest BCUT2D eigenvalue weighted by atomic mass is 127. The van der Waals surface area contributed by atoms with Crippen molar-refractivity contribution in [3.05, 3.63) is 24.2 Å². The molecule has 136 valence electrons. The summed E-state index contributed by atoms with van der Waals surface area (Å²) in [6.45, 7) is 3.10. The summed E-state index contributed by atoms with van der Waals surface area (Å²) in [5.74, 6) is 2.01. The van der Waals surface area contributed by atoms with Gasteiger partial charge in [0.15, 0.2) is 5.96 Å². The van der Waals surface area contributed by atoms with Gasteiger partial charge in [0, 0.05) is 40.2 Å². The lowest BCUT2D eigenvalue weighted by Crippen LogP contribution is -2.41. The van der Waals surface area contributed by atoms with Crippen molar-refractivity contribution in [2.75, 3.05) is 47.4 Å². The number of amides is 1. The van der Waals surface area contributed by atoms with E-state index < -0.39 is 0 Å². The van der Waals surface area contributed by atoms with Crippen LogP contribution in [0.1, 0.15) is 12.2 Å². The van der Waals surface area contributed by atoms with Crippen molar-refractivity contribution in [3.63, 3.8) is 0 Å². The second kappa shape index (κ2) is 10.5. The molecule has 0 bridgehead atoms. The molecule has 0 spiro atoms. The molecule has 1 aromatic heterocycles. The highest BCUT2D eigenvalue weighted by Crippen LogP contribution is 2.11. The van der Waals surface area contributed by atoms with Gasteiger partial charge in [0.1, 0.15) is 12.3 Å². The van der Waals surface area contributed by atoms with Gasteiger partial charge in [0.2, 0.25) is 5.91 Å². The Kier molecular flexibility index (Phi) is 9.12. The Bertz CT molecular complexity index is 513. The molecule has 7 nitrogen and oxygen atoms in total. The predicted octanol–water partition coefficient (Wildman–Crippen LogP) is 1.40. The quantitative estimate of drug-likeness (QED) is 0.403. The molecule has 1 amide bonds. The lowest BCUT2D eigenvalue weighted by Gasteiger charge is -2.23. The summed E-state index contributed by atoms with van der Waals surface area (Å²) < 4.78 is 10.8. The van der Waals surface area contributed by atoms with E-state index in [-0.39, 0.29) is 36.4 Å². The smallest absolute Gasteiger partial charge is 0.243 e. The van der Waals surface area contributed by atoms with Crippen LogP contribution in [-0.2, 0) is 16.1 Å². The summed E-state index contributed by atoms with van der Waals surface area (Å²) in [5.41, 5.74) is 0. The van der Waals surface area contributed by atoms with Gasteiger partial charge in [-0.25, -0.2) is 4.99 Å². The highest BCUT2D eigenvalue weighted by molar-refractivity contribution is 14.0. The molecular formula is C16H27IN4O3. The number of aliphatic imine (C=N–C) groups is 1. The molecule has 1 aliphatic heterocycles. The normalized spacial score (nSPS) is 17.3. The monoisotopic (exact) mass is 450 g/mol. The average Bonchev–Trinajstić information content (AvgIpc) is 3.20. The van der Waals surface area contributed by atoms with E-state index in [0.717, 1.165) is 31.9 Å². The summed E-state index contributed by atoms with van der Waals surface area (Å²) in [6, 6.07) is 3.78. The minimum absolute atomic E-state index is 0. The van der Waals surface area contributed by atoms with Crippen molar-refractivity contribution in [2.45, 2.75) is 13.0 Å². The maximum atomic E-state index is 11.8. The molecule has 2 rings (SSSR count). The zero-order valence-corrected chi connectivity index (χ0v) is 16.9. The molecule has 1 N–H and O–H groups in total. The van der Waals surface area contributed by atoms with Crippen LogP contribution in [0.25, 0.3) is 0 Å². The van der Waals surface area contributed by atoms with Crippen molar-refractivity contribution in [1.82, 2.24) is 15.1 Å². The van der Waals surface area contributed by atoms with E-state index in [1.54, 1.807) is 25.3 Å². The summed E-state index contributed by atoms with van der Waals surface area (Å²) in [6.07, 6.45) is 2.71. The number of carbonyl (C=O) groups excluding carboxylic acids is 1. The Balaban J connectivity index is 0.00000288. The van der Waals surface area contributed by atoms with Gasteiger partial charge in [0.25, 0.3) is 0 Å². The fourth-order valence-electron chi connectivity index (χ4n) is 2.29. The van der Waals surface area contributed by atoms with Crippen LogP contribution < -0.4 is 5.32 Å². The Morgan fingerprint density at radius 3 is 2.79 bits per heavy atom. The first-order valence-corrected chi connectivity index (χ1v) is 7.86. The van der Waals surface area contributed by atoms with Crippen molar-refractivity contribution >= 4 is 35.8 Å². The molecule has 0 aromatic carbocycles.